The lowest BCUT2D eigenvalue weighted by Crippen LogP contribution is -2.67. The molecule has 1 aromatic carbocycles. The Bertz CT molecular complexity index is 503. The highest BCUT2D eigenvalue weighted by Gasteiger charge is 2.51. The lowest BCUT2D eigenvalue weighted by molar-refractivity contribution is -0.132. The summed E-state index contributed by atoms with van der Waals surface area (Å²) in [4.78, 5) is 16.5. The fourth-order valence-electron chi connectivity index (χ4n) is 3.17. The van der Waals surface area contributed by atoms with Crippen molar-refractivity contribution in [1.29, 1.82) is 0 Å². The van der Waals surface area contributed by atoms with E-state index in [-0.39, 0.29) is 17.4 Å². The largest absolute Gasteiger partial charge is 0.371 e. The van der Waals surface area contributed by atoms with Crippen molar-refractivity contribution in [3.63, 3.8) is 0 Å². The number of rotatable bonds is 2. The molecule has 2 aliphatic rings. The van der Waals surface area contributed by atoms with Crippen molar-refractivity contribution >= 4 is 17.3 Å². The summed E-state index contributed by atoms with van der Waals surface area (Å²) < 4.78 is 0. The van der Waals surface area contributed by atoms with Gasteiger partial charge in [-0.15, -0.1) is 0 Å². The molecule has 2 fully saturated rings. The molecule has 3 heteroatoms. The van der Waals surface area contributed by atoms with E-state index in [1.165, 1.54) is 18.5 Å². The van der Waals surface area contributed by atoms with Crippen LogP contribution >= 0.6 is 0 Å². The average molecular weight is 258 g/mol. The lowest BCUT2D eigenvalue weighted by atomic mass is 9.77. The van der Waals surface area contributed by atoms with Crippen LogP contribution in [0.25, 0.3) is 0 Å². The smallest absolute Gasteiger partial charge is 0.232 e. The Morgan fingerprint density at radius 2 is 1.79 bits per heavy atom. The number of hydrogen-bond acceptors (Lipinski definition) is 2. The van der Waals surface area contributed by atoms with Crippen LogP contribution in [-0.2, 0) is 4.79 Å². The van der Waals surface area contributed by atoms with E-state index in [1.807, 2.05) is 17.9 Å². The minimum absolute atomic E-state index is 0.0687. The van der Waals surface area contributed by atoms with Crippen LogP contribution < -0.4 is 9.80 Å². The topological polar surface area (TPSA) is 23.6 Å². The van der Waals surface area contributed by atoms with Gasteiger partial charge in [0.05, 0.1) is 11.5 Å². The van der Waals surface area contributed by atoms with Crippen molar-refractivity contribution in [3.8, 4) is 0 Å². The predicted molar refractivity (Wildman–Crippen MR) is 78.6 cm³/mol. The molecule has 2 heterocycles. The van der Waals surface area contributed by atoms with Gasteiger partial charge in [-0.25, -0.2) is 0 Å². The number of amides is 1. The number of carbonyl (C=O) groups is 1. The second-order valence-corrected chi connectivity index (χ2v) is 6.26. The molecule has 2 aliphatic heterocycles. The van der Waals surface area contributed by atoms with Crippen LogP contribution in [0.3, 0.4) is 0 Å². The van der Waals surface area contributed by atoms with Gasteiger partial charge >= 0.3 is 0 Å². The summed E-state index contributed by atoms with van der Waals surface area (Å²) in [7, 11) is 0. The summed E-state index contributed by atoms with van der Waals surface area (Å²) in [6.45, 7) is 8.57. The van der Waals surface area contributed by atoms with E-state index in [2.05, 4.69) is 36.9 Å². The van der Waals surface area contributed by atoms with Crippen LogP contribution in [-0.4, -0.2) is 24.5 Å². The molecule has 3 nitrogen and oxygen atoms in total. The van der Waals surface area contributed by atoms with Gasteiger partial charge < -0.3 is 9.80 Å². The van der Waals surface area contributed by atoms with E-state index in [9.17, 15) is 4.79 Å². The minimum atomic E-state index is -0.0687. The maximum atomic E-state index is 12.1. The highest BCUT2D eigenvalue weighted by molar-refractivity contribution is 6.04. The molecule has 19 heavy (non-hydrogen) atoms. The number of carbonyl (C=O) groups excluding carboxylic acids is 1. The van der Waals surface area contributed by atoms with E-state index >= 15 is 0 Å². The first kappa shape index (κ1) is 12.5. The molecule has 0 radical (unpaired) electrons. The Morgan fingerprint density at radius 1 is 1.16 bits per heavy atom. The Labute approximate surface area is 115 Å². The maximum absolute atomic E-state index is 12.1. The molecule has 0 spiro atoms. The molecule has 1 atom stereocenters. The van der Waals surface area contributed by atoms with Crippen molar-refractivity contribution in [2.75, 3.05) is 22.9 Å². The molecule has 0 saturated carbocycles. The molecule has 0 aromatic heterocycles. The highest BCUT2D eigenvalue weighted by atomic mass is 16.2. The number of benzene rings is 1. The highest BCUT2D eigenvalue weighted by Crippen LogP contribution is 2.41. The summed E-state index contributed by atoms with van der Waals surface area (Å²) >= 11 is 0. The molecule has 0 aliphatic carbocycles. The first-order valence-corrected chi connectivity index (χ1v) is 7.21. The zero-order valence-corrected chi connectivity index (χ0v) is 12.0. The van der Waals surface area contributed by atoms with Gasteiger partial charge in [-0.1, -0.05) is 13.0 Å². The molecular formula is C16H22N2O. The van der Waals surface area contributed by atoms with Gasteiger partial charge in [0.1, 0.15) is 0 Å². The predicted octanol–water partition coefficient (Wildman–Crippen LogP) is 3.05. The average Bonchev–Trinajstić information content (AvgIpc) is 2.92. The third-order valence-corrected chi connectivity index (χ3v) is 4.79. The van der Waals surface area contributed by atoms with Gasteiger partial charge in [0.2, 0.25) is 5.91 Å². The van der Waals surface area contributed by atoms with Crippen molar-refractivity contribution in [2.45, 2.75) is 39.2 Å². The van der Waals surface area contributed by atoms with Crippen molar-refractivity contribution < 1.29 is 4.79 Å². The van der Waals surface area contributed by atoms with Crippen LogP contribution in [0.5, 0.6) is 0 Å². The Balaban J connectivity index is 1.89. The fourth-order valence-corrected chi connectivity index (χ4v) is 3.17. The zero-order valence-electron chi connectivity index (χ0n) is 12.0. The number of β-lactam (4-membered cyclic amide) rings is 1. The molecular weight excluding hydrogens is 236 g/mol. The van der Waals surface area contributed by atoms with Gasteiger partial charge in [-0.05, 0) is 44.9 Å². The van der Waals surface area contributed by atoms with Gasteiger partial charge in [0, 0.05) is 24.5 Å². The summed E-state index contributed by atoms with van der Waals surface area (Å²) in [5.74, 6) is 0.353. The van der Waals surface area contributed by atoms with Gasteiger partial charge in [0.15, 0.2) is 0 Å². The second-order valence-electron chi connectivity index (χ2n) is 6.26. The van der Waals surface area contributed by atoms with Crippen molar-refractivity contribution in [3.05, 3.63) is 24.3 Å². The molecule has 0 bridgehead atoms. The van der Waals surface area contributed by atoms with Crippen LogP contribution in [0.1, 0.15) is 33.6 Å². The second kappa shape index (κ2) is 4.26. The molecule has 1 aromatic rings. The number of nitrogens with zero attached hydrogens (tertiary/aromatic N) is 2. The molecule has 102 valence electrons. The third kappa shape index (κ3) is 1.83. The number of hydrogen-bond donors (Lipinski definition) is 0. The first-order valence-electron chi connectivity index (χ1n) is 7.21. The van der Waals surface area contributed by atoms with Crippen molar-refractivity contribution in [1.82, 2.24) is 0 Å². The monoisotopic (exact) mass is 258 g/mol. The third-order valence-electron chi connectivity index (χ3n) is 4.79. The quantitative estimate of drug-likeness (QED) is 0.761. The summed E-state index contributed by atoms with van der Waals surface area (Å²) in [6.07, 6.45) is 2.55. The zero-order chi connectivity index (χ0) is 13.6. The number of anilines is 2. The van der Waals surface area contributed by atoms with Gasteiger partial charge in [-0.3, -0.25) is 4.79 Å². The molecule has 1 amide bonds. The summed E-state index contributed by atoms with van der Waals surface area (Å²) in [5, 5.41) is 0. The van der Waals surface area contributed by atoms with E-state index in [0.717, 1.165) is 18.8 Å². The molecule has 2 saturated heterocycles. The molecule has 1 unspecified atom stereocenters. The van der Waals surface area contributed by atoms with E-state index in [0.29, 0.717) is 0 Å². The van der Waals surface area contributed by atoms with Crippen LogP contribution in [0, 0.1) is 5.92 Å². The Hall–Kier alpha value is -1.51. The summed E-state index contributed by atoms with van der Waals surface area (Å²) in [5.41, 5.74) is 2.22. The standard InChI is InChI=1S/C16H22N2O/c1-12-15(19)18(16(12,2)3)14-8-6-7-13(11-14)17-9-4-5-10-17/h6-8,11-12H,4-5,9-10H2,1-3H3. The van der Waals surface area contributed by atoms with E-state index in [4.69, 9.17) is 0 Å². The van der Waals surface area contributed by atoms with E-state index in [1.54, 1.807) is 0 Å². The SMILES string of the molecule is CC1C(=O)N(c2cccc(N3CCCC3)c2)C1(C)C. The molecule has 0 N–H and O–H groups in total. The van der Waals surface area contributed by atoms with Gasteiger partial charge in [-0.2, -0.15) is 0 Å². The van der Waals surface area contributed by atoms with Crippen LogP contribution in [0.4, 0.5) is 11.4 Å². The Kier molecular flexibility index (Phi) is 2.80. The fraction of sp³-hybridized carbons (Fsp3) is 0.562. The summed E-state index contributed by atoms with van der Waals surface area (Å²) in [6, 6.07) is 8.42. The van der Waals surface area contributed by atoms with Crippen molar-refractivity contribution in [2.24, 2.45) is 5.92 Å². The van der Waals surface area contributed by atoms with Crippen LogP contribution in [0.15, 0.2) is 24.3 Å². The first-order chi connectivity index (χ1) is 9.01. The maximum Gasteiger partial charge on any atom is 0.232 e. The van der Waals surface area contributed by atoms with Crippen LogP contribution in [0.2, 0.25) is 0 Å². The van der Waals surface area contributed by atoms with E-state index < -0.39 is 0 Å². The van der Waals surface area contributed by atoms with Gasteiger partial charge in [0.25, 0.3) is 0 Å². The lowest BCUT2D eigenvalue weighted by Gasteiger charge is -2.53. The minimum Gasteiger partial charge on any atom is -0.371 e. The normalized spacial score (nSPS) is 25.6. The molecule has 3 rings (SSSR count). The Morgan fingerprint density at radius 3 is 2.42 bits per heavy atom.